The van der Waals surface area contributed by atoms with Gasteiger partial charge in [0.2, 0.25) is 0 Å². The molecular weight excluding hydrogens is 208 g/mol. The van der Waals surface area contributed by atoms with Crippen LogP contribution >= 0.6 is 0 Å². The van der Waals surface area contributed by atoms with E-state index in [9.17, 15) is 0 Å². The molecule has 0 bridgehead atoms. The van der Waals surface area contributed by atoms with Crippen LogP contribution in [0.2, 0.25) is 0 Å². The number of piperidine rings is 1. The van der Waals surface area contributed by atoms with E-state index in [4.69, 9.17) is 0 Å². The van der Waals surface area contributed by atoms with Gasteiger partial charge < -0.3 is 10.2 Å². The highest BCUT2D eigenvalue weighted by molar-refractivity contribution is 5.60. The van der Waals surface area contributed by atoms with Gasteiger partial charge in [-0.25, -0.2) is 0 Å². The van der Waals surface area contributed by atoms with Crippen LogP contribution < -0.4 is 5.32 Å². The largest absolute Gasteiger partial charge is 0.384 e. The summed E-state index contributed by atoms with van der Waals surface area (Å²) >= 11 is 0. The van der Waals surface area contributed by atoms with Crippen molar-refractivity contribution in [3.63, 3.8) is 0 Å². The number of benzene rings is 1. The van der Waals surface area contributed by atoms with E-state index < -0.39 is 0 Å². The van der Waals surface area contributed by atoms with Crippen molar-refractivity contribution in [3.8, 4) is 0 Å². The van der Waals surface area contributed by atoms with Gasteiger partial charge in [-0.2, -0.15) is 0 Å². The molecule has 1 spiro atoms. The molecule has 1 atom stereocenters. The molecule has 92 valence electrons. The van der Waals surface area contributed by atoms with Gasteiger partial charge in [-0.15, -0.1) is 0 Å². The lowest BCUT2D eigenvalue weighted by molar-refractivity contribution is 0.157. The van der Waals surface area contributed by atoms with Crippen LogP contribution in [0.15, 0.2) is 24.3 Å². The normalized spacial score (nSPS) is 28.1. The summed E-state index contributed by atoms with van der Waals surface area (Å²) in [6.45, 7) is 7.20. The number of hydrogen-bond donors (Lipinski definition) is 1. The summed E-state index contributed by atoms with van der Waals surface area (Å²) in [5.74, 6) is 0. The van der Waals surface area contributed by atoms with E-state index in [1.54, 1.807) is 5.56 Å². The summed E-state index contributed by atoms with van der Waals surface area (Å²) in [6, 6.07) is 8.87. The Bertz CT molecular complexity index is 396. The first-order valence-electron chi connectivity index (χ1n) is 6.90. The van der Waals surface area contributed by atoms with Gasteiger partial charge in [-0.3, -0.25) is 0 Å². The molecule has 1 saturated heterocycles. The lowest BCUT2D eigenvalue weighted by Gasteiger charge is -2.40. The van der Waals surface area contributed by atoms with Crippen LogP contribution in [0.1, 0.15) is 31.7 Å². The minimum atomic E-state index is 0.393. The average molecular weight is 230 g/mol. The van der Waals surface area contributed by atoms with Gasteiger partial charge >= 0.3 is 0 Å². The molecular formula is C15H22N2. The highest BCUT2D eigenvalue weighted by Gasteiger charge is 2.41. The van der Waals surface area contributed by atoms with Crippen LogP contribution in [0, 0.1) is 0 Å². The molecule has 1 aromatic rings. The third kappa shape index (κ3) is 1.85. The molecule has 0 saturated carbocycles. The molecule has 0 amide bonds. The van der Waals surface area contributed by atoms with E-state index >= 15 is 0 Å². The second kappa shape index (κ2) is 4.34. The second-order valence-electron chi connectivity index (χ2n) is 5.56. The summed E-state index contributed by atoms with van der Waals surface area (Å²) < 4.78 is 0. The summed E-state index contributed by atoms with van der Waals surface area (Å²) in [5, 5.41) is 3.60. The van der Waals surface area contributed by atoms with E-state index in [1.165, 1.54) is 44.6 Å². The molecule has 2 heterocycles. The van der Waals surface area contributed by atoms with Gasteiger partial charge in [0.15, 0.2) is 0 Å². The molecule has 1 fully saturated rings. The van der Waals surface area contributed by atoms with Gasteiger partial charge in [-0.1, -0.05) is 25.1 Å². The Hall–Kier alpha value is -1.02. The molecule has 1 aromatic carbocycles. The summed E-state index contributed by atoms with van der Waals surface area (Å²) in [6.07, 6.45) is 3.96. The number of nitrogens with one attached hydrogen (secondary N) is 1. The number of hydrogen-bond acceptors (Lipinski definition) is 2. The highest BCUT2D eigenvalue weighted by Crippen LogP contribution is 2.42. The maximum atomic E-state index is 3.60. The third-order valence-corrected chi connectivity index (χ3v) is 4.31. The van der Waals surface area contributed by atoms with Gasteiger partial charge in [-0.05, 0) is 44.0 Å². The van der Waals surface area contributed by atoms with Crippen molar-refractivity contribution in [2.45, 2.75) is 31.6 Å². The Labute approximate surface area is 104 Å². The van der Waals surface area contributed by atoms with Gasteiger partial charge in [0.05, 0.1) is 0 Å². The zero-order valence-electron chi connectivity index (χ0n) is 10.7. The number of fused-ring (bicyclic) bond motifs is 2. The van der Waals surface area contributed by atoms with Crippen molar-refractivity contribution in [3.05, 3.63) is 29.8 Å². The molecule has 0 aromatic heterocycles. The number of anilines is 1. The van der Waals surface area contributed by atoms with E-state index in [0.29, 0.717) is 5.41 Å². The van der Waals surface area contributed by atoms with E-state index in [-0.39, 0.29) is 0 Å². The maximum absolute atomic E-state index is 3.60. The van der Waals surface area contributed by atoms with Crippen molar-refractivity contribution < 1.29 is 0 Å². The maximum Gasteiger partial charge on any atom is 0.0379 e. The Balaban J connectivity index is 1.87. The van der Waals surface area contributed by atoms with E-state index in [1.807, 2.05) is 0 Å². The molecule has 2 aliphatic heterocycles. The lowest BCUT2D eigenvalue weighted by Crippen LogP contribution is -2.47. The SMILES string of the molecule is CCCN1CCC[C@]2(CNc3ccccc32)C1. The van der Waals surface area contributed by atoms with Crippen molar-refractivity contribution >= 4 is 5.69 Å². The van der Waals surface area contributed by atoms with Gasteiger partial charge in [0.25, 0.3) is 0 Å². The predicted octanol–water partition coefficient (Wildman–Crippen LogP) is 2.86. The van der Waals surface area contributed by atoms with E-state index in [0.717, 1.165) is 6.54 Å². The first kappa shape index (κ1) is 11.1. The van der Waals surface area contributed by atoms with Crippen LogP contribution in [0.4, 0.5) is 5.69 Å². The zero-order valence-corrected chi connectivity index (χ0v) is 10.7. The lowest BCUT2D eigenvalue weighted by atomic mass is 9.75. The monoisotopic (exact) mass is 230 g/mol. The fourth-order valence-electron chi connectivity index (χ4n) is 3.56. The summed E-state index contributed by atoms with van der Waals surface area (Å²) in [5.41, 5.74) is 3.32. The molecule has 0 radical (unpaired) electrons. The van der Waals surface area contributed by atoms with Crippen molar-refractivity contribution in [1.29, 1.82) is 0 Å². The second-order valence-corrected chi connectivity index (χ2v) is 5.56. The minimum Gasteiger partial charge on any atom is -0.384 e. The molecule has 0 aliphatic carbocycles. The fraction of sp³-hybridized carbons (Fsp3) is 0.600. The van der Waals surface area contributed by atoms with Crippen LogP contribution in [-0.2, 0) is 5.41 Å². The van der Waals surface area contributed by atoms with Crippen molar-refractivity contribution in [1.82, 2.24) is 4.90 Å². The quantitative estimate of drug-likeness (QED) is 0.840. The van der Waals surface area contributed by atoms with Crippen molar-refractivity contribution in [2.75, 3.05) is 31.5 Å². The summed E-state index contributed by atoms with van der Waals surface area (Å²) in [7, 11) is 0. The Morgan fingerprint density at radius 1 is 1.35 bits per heavy atom. The molecule has 3 rings (SSSR count). The fourth-order valence-corrected chi connectivity index (χ4v) is 3.56. The number of para-hydroxylation sites is 1. The number of nitrogens with zero attached hydrogens (tertiary/aromatic N) is 1. The smallest absolute Gasteiger partial charge is 0.0379 e. The average Bonchev–Trinajstić information content (AvgIpc) is 2.70. The van der Waals surface area contributed by atoms with Crippen LogP contribution in [-0.4, -0.2) is 31.1 Å². The van der Waals surface area contributed by atoms with Crippen LogP contribution in [0.5, 0.6) is 0 Å². The minimum absolute atomic E-state index is 0.393. The molecule has 2 aliphatic rings. The summed E-state index contributed by atoms with van der Waals surface area (Å²) in [4.78, 5) is 2.65. The third-order valence-electron chi connectivity index (χ3n) is 4.31. The van der Waals surface area contributed by atoms with Crippen LogP contribution in [0.3, 0.4) is 0 Å². The van der Waals surface area contributed by atoms with Gasteiger partial charge in [0.1, 0.15) is 0 Å². The highest BCUT2D eigenvalue weighted by atomic mass is 15.1. The Morgan fingerprint density at radius 2 is 2.24 bits per heavy atom. The number of likely N-dealkylation sites (tertiary alicyclic amines) is 1. The molecule has 0 unspecified atom stereocenters. The molecule has 1 N–H and O–H groups in total. The first-order valence-corrected chi connectivity index (χ1v) is 6.90. The number of rotatable bonds is 2. The van der Waals surface area contributed by atoms with Crippen LogP contribution in [0.25, 0.3) is 0 Å². The van der Waals surface area contributed by atoms with E-state index in [2.05, 4.69) is 41.4 Å². The van der Waals surface area contributed by atoms with Gasteiger partial charge in [0, 0.05) is 24.2 Å². The van der Waals surface area contributed by atoms with Crippen molar-refractivity contribution in [2.24, 2.45) is 0 Å². The predicted molar refractivity (Wildman–Crippen MR) is 72.6 cm³/mol. The first-order chi connectivity index (χ1) is 8.34. The standard InChI is InChI=1S/C15H22N2/c1-2-9-17-10-5-8-15(12-17)11-16-14-7-4-3-6-13(14)15/h3-4,6-7,16H,2,5,8-12H2,1H3/t15-/m0/s1. The Morgan fingerprint density at radius 3 is 3.12 bits per heavy atom. The Kier molecular flexibility index (Phi) is 2.83. The molecule has 17 heavy (non-hydrogen) atoms. The molecule has 2 heteroatoms. The zero-order chi connectivity index (χ0) is 11.7. The molecule has 2 nitrogen and oxygen atoms in total. The topological polar surface area (TPSA) is 15.3 Å².